The SMILES string of the molecule is CSCCC(=O)Nc1c(C)cc(Br)cc1C. The van der Waals surface area contributed by atoms with E-state index in [1.165, 1.54) is 0 Å². The van der Waals surface area contributed by atoms with E-state index in [1.807, 2.05) is 32.2 Å². The van der Waals surface area contributed by atoms with E-state index in [1.54, 1.807) is 11.8 Å². The Kier molecular flexibility index (Phi) is 5.35. The van der Waals surface area contributed by atoms with Crippen molar-refractivity contribution in [3.8, 4) is 0 Å². The third-order valence-corrected chi connectivity index (χ3v) is 3.37. The highest BCUT2D eigenvalue weighted by atomic mass is 79.9. The molecule has 0 spiro atoms. The van der Waals surface area contributed by atoms with Crippen molar-refractivity contribution in [2.75, 3.05) is 17.3 Å². The summed E-state index contributed by atoms with van der Waals surface area (Å²) in [4.78, 5) is 11.6. The number of benzene rings is 1. The van der Waals surface area contributed by atoms with E-state index >= 15 is 0 Å². The van der Waals surface area contributed by atoms with Gasteiger partial charge in [0.25, 0.3) is 0 Å². The lowest BCUT2D eigenvalue weighted by atomic mass is 10.1. The topological polar surface area (TPSA) is 29.1 Å². The number of carbonyl (C=O) groups is 1. The summed E-state index contributed by atoms with van der Waals surface area (Å²) in [6.45, 7) is 4.00. The molecule has 0 aliphatic rings. The van der Waals surface area contributed by atoms with E-state index in [0.717, 1.165) is 27.0 Å². The quantitative estimate of drug-likeness (QED) is 0.917. The third kappa shape index (κ3) is 3.83. The predicted molar refractivity (Wildman–Crippen MR) is 75.2 cm³/mol. The van der Waals surface area contributed by atoms with Crippen LogP contribution in [-0.2, 0) is 4.79 Å². The number of carbonyl (C=O) groups excluding carboxylic acids is 1. The van der Waals surface area contributed by atoms with Gasteiger partial charge in [-0.15, -0.1) is 0 Å². The molecule has 1 aromatic rings. The molecule has 0 aromatic heterocycles. The Labute approximate surface area is 109 Å². The Bertz CT molecular complexity index is 370. The normalized spacial score (nSPS) is 10.2. The highest BCUT2D eigenvalue weighted by Crippen LogP contribution is 2.25. The van der Waals surface area contributed by atoms with Crippen LogP contribution in [0.4, 0.5) is 5.69 Å². The van der Waals surface area contributed by atoms with Crippen LogP contribution in [0.3, 0.4) is 0 Å². The molecule has 0 atom stereocenters. The van der Waals surface area contributed by atoms with Crippen molar-refractivity contribution < 1.29 is 4.79 Å². The summed E-state index contributed by atoms with van der Waals surface area (Å²) < 4.78 is 1.05. The molecule has 0 aliphatic heterocycles. The van der Waals surface area contributed by atoms with Crippen LogP contribution >= 0.6 is 27.7 Å². The Morgan fingerprint density at radius 1 is 1.38 bits per heavy atom. The van der Waals surface area contributed by atoms with Gasteiger partial charge in [-0.1, -0.05) is 15.9 Å². The van der Waals surface area contributed by atoms with Crippen LogP contribution < -0.4 is 5.32 Å². The summed E-state index contributed by atoms with van der Waals surface area (Å²) in [6, 6.07) is 4.02. The fourth-order valence-corrected chi connectivity index (χ4v) is 2.58. The van der Waals surface area contributed by atoms with Crippen molar-refractivity contribution in [3.63, 3.8) is 0 Å². The minimum absolute atomic E-state index is 0.0860. The molecular formula is C12H16BrNOS. The molecule has 16 heavy (non-hydrogen) atoms. The number of anilines is 1. The predicted octanol–water partition coefficient (Wildman–Crippen LogP) is 3.76. The van der Waals surface area contributed by atoms with E-state index in [4.69, 9.17) is 0 Å². The summed E-state index contributed by atoms with van der Waals surface area (Å²) in [6.07, 6.45) is 2.57. The zero-order chi connectivity index (χ0) is 12.1. The molecular weight excluding hydrogens is 286 g/mol. The lowest BCUT2D eigenvalue weighted by Gasteiger charge is -2.12. The minimum Gasteiger partial charge on any atom is -0.326 e. The van der Waals surface area contributed by atoms with Gasteiger partial charge >= 0.3 is 0 Å². The van der Waals surface area contributed by atoms with Gasteiger partial charge in [0.15, 0.2) is 0 Å². The van der Waals surface area contributed by atoms with Gasteiger partial charge in [-0.2, -0.15) is 11.8 Å². The Morgan fingerprint density at radius 3 is 2.44 bits per heavy atom. The molecule has 1 amide bonds. The van der Waals surface area contributed by atoms with Crippen LogP contribution in [0, 0.1) is 13.8 Å². The number of hydrogen-bond acceptors (Lipinski definition) is 2. The number of halogens is 1. The van der Waals surface area contributed by atoms with Crippen LogP contribution in [0.15, 0.2) is 16.6 Å². The average Bonchev–Trinajstić information content (AvgIpc) is 2.20. The molecule has 1 aromatic carbocycles. The summed E-state index contributed by atoms with van der Waals surface area (Å²) in [5.74, 6) is 0.948. The van der Waals surface area contributed by atoms with Gasteiger partial charge in [-0.3, -0.25) is 4.79 Å². The maximum absolute atomic E-state index is 11.6. The van der Waals surface area contributed by atoms with E-state index in [0.29, 0.717) is 6.42 Å². The summed E-state index contributed by atoms with van der Waals surface area (Å²) in [7, 11) is 0. The molecule has 1 N–H and O–H groups in total. The molecule has 0 heterocycles. The Balaban J connectivity index is 2.77. The van der Waals surface area contributed by atoms with Crippen molar-refractivity contribution in [2.24, 2.45) is 0 Å². The van der Waals surface area contributed by atoms with Crippen LogP contribution in [-0.4, -0.2) is 17.9 Å². The van der Waals surface area contributed by atoms with Crippen LogP contribution in [0.1, 0.15) is 17.5 Å². The van der Waals surface area contributed by atoms with Gasteiger partial charge in [-0.05, 0) is 43.4 Å². The van der Waals surface area contributed by atoms with Crippen molar-refractivity contribution in [3.05, 3.63) is 27.7 Å². The van der Waals surface area contributed by atoms with Crippen LogP contribution in [0.2, 0.25) is 0 Å². The van der Waals surface area contributed by atoms with E-state index < -0.39 is 0 Å². The van der Waals surface area contributed by atoms with Gasteiger partial charge in [0.05, 0.1) is 0 Å². The molecule has 0 aliphatic carbocycles. The van der Waals surface area contributed by atoms with Gasteiger partial charge in [0.1, 0.15) is 0 Å². The monoisotopic (exact) mass is 301 g/mol. The van der Waals surface area contributed by atoms with E-state index in [2.05, 4.69) is 21.2 Å². The highest BCUT2D eigenvalue weighted by Gasteiger charge is 2.07. The van der Waals surface area contributed by atoms with Crippen molar-refractivity contribution in [1.82, 2.24) is 0 Å². The first-order valence-corrected chi connectivity index (χ1v) is 7.29. The Morgan fingerprint density at radius 2 is 1.94 bits per heavy atom. The molecule has 1 rings (SSSR count). The average molecular weight is 302 g/mol. The molecule has 0 bridgehead atoms. The molecule has 88 valence electrons. The van der Waals surface area contributed by atoms with Gasteiger partial charge in [0.2, 0.25) is 5.91 Å². The number of aryl methyl sites for hydroxylation is 2. The number of rotatable bonds is 4. The van der Waals surface area contributed by atoms with Crippen molar-refractivity contribution in [2.45, 2.75) is 20.3 Å². The first-order chi connectivity index (χ1) is 7.54. The fourth-order valence-electron chi connectivity index (χ4n) is 1.50. The second kappa shape index (κ2) is 6.30. The zero-order valence-corrected chi connectivity index (χ0v) is 12.2. The number of thioether (sulfide) groups is 1. The largest absolute Gasteiger partial charge is 0.326 e. The minimum atomic E-state index is 0.0860. The second-order valence-electron chi connectivity index (χ2n) is 3.71. The summed E-state index contributed by atoms with van der Waals surface area (Å²) >= 11 is 5.12. The van der Waals surface area contributed by atoms with Gasteiger partial charge < -0.3 is 5.32 Å². The van der Waals surface area contributed by atoms with Crippen LogP contribution in [0.5, 0.6) is 0 Å². The van der Waals surface area contributed by atoms with Gasteiger partial charge in [0, 0.05) is 22.3 Å². The maximum Gasteiger partial charge on any atom is 0.225 e. The molecule has 0 saturated heterocycles. The van der Waals surface area contributed by atoms with E-state index in [9.17, 15) is 4.79 Å². The smallest absolute Gasteiger partial charge is 0.225 e. The molecule has 0 radical (unpaired) electrons. The second-order valence-corrected chi connectivity index (χ2v) is 5.61. The molecule has 2 nitrogen and oxygen atoms in total. The maximum atomic E-state index is 11.6. The van der Waals surface area contributed by atoms with Crippen molar-refractivity contribution in [1.29, 1.82) is 0 Å². The summed E-state index contributed by atoms with van der Waals surface area (Å²) in [5.41, 5.74) is 3.11. The number of hydrogen-bond donors (Lipinski definition) is 1. The first kappa shape index (κ1) is 13.6. The fraction of sp³-hybridized carbons (Fsp3) is 0.417. The first-order valence-electron chi connectivity index (χ1n) is 5.10. The van der Waals surface area contributed by atoms with E-state index in [-0.39, 0.29) is 5.91 Å². The standard InChI is InChI=1S/C12H16BrNOS/c1-8-6-10(13)7-9(2)12(8)14-11(15)4-5-16-3/h6-7H,4-5H2,1-3H3,(H,14,15). The van der Waals surface area contributed by atoms with Crippen LogP contribution in [0.25, 0.3) is 0 Å². The number of nitrogens with one attached hydrogen (secondary N) is 1. The molecule has 0 saturated carbocycles. The highest BCUT2D eigenvalue weighted by molar-refractivity contribution is 9.10. The lowest BCUT2D eigenvalue weighted by molar-refractivity contribution is -0.115. The molecule has 0 fully saturated rings. The lowest BCUT2D eigenvalue weighted by Crippen LogP contribution is -2.14. The molecule has 4 heteroatoms. The molecule has 0 unspecified atom stereocenters. The zero-order valence-electron chi connectivity index (χ0n) is 9.76. The van der Waals surface area contributed by atoms with Gasteiger partial charge in [-0.25, -0.2) is 0 Å². The van der Waals surface area contributed by atoms with Crippen molar-refractivity contribution >= 4 is 39.3 Å². The Hall–Kier alpha value is -0.480. The number of amides is 1. The third-order valence-electron chi connectivity index (χ3n) is 2.30. The summed E-state index contributed by atoms with van der Waals surface area (Å²) in [5, 5.41) is 2.97.